The molecule has 5 rings (SSSR count). The van der Waals surface area contributed by atoms with Crippen LogP contribution in [0.4, 0.5) is 4.79 Å². The van der Waals surface area contributed by atoms with Crippen LogP contribution in [-0.2, 0) is 61.9 Å². The smallest absolute Gasteiger partial charge is 0.460 e. The highest BCUT2D eigenvalue weighted by Crippen LogP contribution is 2.38. The number of rotatable bonds is 15. The zero-order valence-electron chi connectivity index (χ0n) is 49.2. The third kappa shape index (κ3) is 20.2. The monoisotopic (exact) mass is 1170 g/mol. The van der Waals surface area contributed by atoms with Gasteiger partial charge >= 0.3 is 12.1 Å². The van der Waals surface area contributed by atoms with Gasteiger partial charge in [0.05, 0.1) is 31.0 Å². The van der Waals surface area contributed by atoms with Crippen LogP contribution in [0.5, 0.6) is 0 Å². The van der Waals surface area contributed by atoms with Crippen LogP contribution in [0.15, 0.2) is 77.0 Å². The Morgan fingerprint density at radius 1 is 0.864 bits per heavy atom. The molecule has 3 fully saturated rings. The van der Waals surface area contributed by atoms with Crippen molar-refractivity contribution in [2.24, 2.45) is 35.5 Å². The molecule has 0 spiro atoms. The number of carbonyl (C=O) groups is 6. The maximum absolute atomic E-state index is 14.6. The number of amides is 1. The number of piperidine rings is 1. The van der Waals surface area contributed by atoms with Gasteiger partial charge in [0, 0.05) is 70.4 Å². The average Bonchev–Trinajstić information content (AvgIpc) is 3.56. The maximum Gasteiger partial charge on any atom is 0.508 e. The number of aliphatic hydroxyl groups excluding tert-OH is 1. The van der Waals surface area contributed by atoms with E-state index in [9.17, 15) is 39.0 Å². The van der Waals surface area contributed by atoms with E-state index in [4.69, 9.17) is 37.9 Å². The molecule has 0 aromatic carbocycles. The molecule has 81 heavy (non-hydrogen) atoms. The molecule has 452 valence electrons. The fourth-order valence-corrected chi connectivity index (χ4v) is 13.0. The summed E-state index contributed by atoms with van der Waals surface area (Å²) in [5, 5.41) is 24.5. The highest BCUT2D eigenvalue weighted by Gasteiger charge is 2.53. The molecule has 20 heteroatoms. The van der Waals surface area contributed by atoms with Crippen molar-refractivity contribution in [1.82, 2.24) is 9.88 Å². The van der Waals surface area contributed by atoms with Gasteiger partial charge in [0.2, 0.25) is 5.79 Å². The first kappa shape index (κ1) is 67.5. The Balaban J connectivity index is 1.33. The molecule has 15 atom stereocenters. The summed E-state index contributed by atoms with van der Waals surface area (Å²) in [6, 6.07) is 4.48. The number of ketones is 3. The Morgan fingerprint density at radius 2 is 1.63 bits per heavy atom. The van der Waals surface area contributed by atoms with E-state index in [1.165, 1.54) is 33.6 Å². The molecule has 1 amide bonds. The summed E-state index contributed by atoms with van der Waals surface area (Å²) in [6.07, 6.45) is 12.2. The number of fused-ring (bicyclic) bond motifs is 3. The van der Waals surface area contributed by atoms with Crippen molar-refractivity contribution < 1.29 is 76.9 Å². The van der Waals surface area contributed by atoms with Gasteiger partial charge in [-0.05, 0) is 130 Å². The fraction of sp³-hybridized carbons (Fsp3) is 0.689. The molecule has 0 radical (unpaired) electrons. The molecule has 3 aliphatic heterocycles. The number of Topliss-reactive ketones (excluding diaryl/α,β-unsaturated/α-hetero) is 3. The van der Waals surface area contributed by atoms with Crippen LogP contribution in [0.3, 0.4) is 0 Å². The molecule has 2 saturated heterocycles. The minimum atomic E-state index is -2.46. The predicted molar refractivity (Wildman–Crippen MR) is 309 cm³/mol. The number of aromatic nitrogens is 1. The molecule has 4 heterocycles. The normalized spacial score (nSPS) is 34.6. The molecule has 2 bridgehead atoms. The lowest BCUT2D eigenvalue weighted by atomic mass is 9.78. The third-order valence-corrected chi connectivity index (χ3v) is 18.5. The third-order valence-electron chi connectivity index (χ3n) is 16.3. The SMILES string of the molecule is CO[C@H]1C[C@@H]2CC[C@@H](C)[C@@](O)(O2)C(=O)C(=O)N2CCCC[C@H]2C(=O)O[C@H]([C@H](C)C[C@@H]2CC[C@@H](OCCOC(=O)OCCSSc3ccccn3)[C@H](OC)C2)CC(=O)[C@H](C)/C=C(\C)[C@@H](O)[C@@H](OC)C(=O)[C@H](C)C[C@H](C)/C=C/C=C/C=C/1C. The standard InChI is InChI=1S/C61H90N2O16S2/c1-38-18-12-11-13-19-39(2)50(72-8)36-46-24-22-44(7)61(71,79-46)57(67)58(68)63-27-17-15-20-47(63)59(69)78-51(37-48(64)40(3)33-43(6)55(66)56(74-10)54(65)42(5)32-38)41(4)34-45-23-25-49(52(35-45)73-9)75-28-29-76-60(70)77-30-31-80-81-53-21-14-16-26-62-53/h11-14,16,18-19,21,26,33,38,40-42,44-47,49-52,55-56,66,71H,15,17,20,22-25,27-32,34-37H2,1-10H3/b13-11+,18-12+,39-19+,43-33+/t38-,40-,41-,42-,44-,45+,46+,47+,49-,50+,51+,52-,55-,56+,61-/m1/s1. The minimum Gasteiger partial charge on any atom is -0.460 e. The molecule has 0 unspecified atom stereocenters. The van der Waals surface area contributed by atoms with E-state index in [0.29, 0.717) is 69.1 Å². The van der Waals surface area contributed by atoms with Crippen molar-refractivity contribution >= 4 is 57.0 Å². The molecule has 1 saturated carbocycles. The van der Waals surface area contributed by atoms with Crippen LogP contribution in [0.25, 0.3) is 0 Å². The average molecular weight is 1170 g/mol. The summed E-state index contributed by atoms with van der Waals surface area (Å²) in [5.41, 5.74) is 1.24. The molecule has 1 aromatic rings. The second-order valence-electron chi connectivity index (χ2n) is 22.5. The van der Waals surface area contributed by atoms with Crippen LogP contribution in [0, 0.1) is 35.5 Å². The van der Waals surface area contributed by atoms with E-state index in [0.717, 1.165) is 17.0 Å². The Labute approximate surface area is 487 Å². The summed E-state index contributed by atoms with van der Waals surface area (Å²) in [5.74, 6) is -7.73. The number of allylic oxidation sites excluding steroid dienone is 6. The van der Waals surface area contributed by atoms with Crippen molar-refractivity contribution in [1.29, 1.82) is 0 Å². The number of esters is 1. The van der Waals surface area contributed by atoms with E-state index in [1.54, 1.807) is 47.3 Å². The number of pyridine rings is 1. The van der Waals surface area contributed by atoms with Gasteiger partial charge in [-0.25, -0.2) is 14.6 Å². The van der Waals surface area contributed by atoms with Crippen LogP contribution >= 0.6 is 21.6 Å². The first-order valence-electron chi connectivity index (χ1n) is 28.8. The van der Waals surface area contributed by atoms with Gasteiger partial charge in [0.15, 0.2) is 5.78 Å². The first-order chi connectivity index (χ1) is 38.7. The lowest BCUT2D eigenvalue weighted by Gasteiger charge is -2.42. The van der Waals surface area contributed by atoms with Gasteiger partial charge in [0.1, 0.15) is 48.4 Å². The molecule has 1 aliphatic carbocycles. The number of ether oxygens (including phenoxy) is 8. The van der Waals surface area contributed by atoms with Crippen molar-refractivity contribution in [2.75, 3.05) is 53.4 Å². The lowest BCUT2D eigenvalue weighted by Crippen LogP contribution is -2.61. The zero-order valence-corrected chi connectivity index (χ0v) is 50.8. The van der Waals surface area contributed by atoms with Gasteiger partial charge in [-0.1, -0.05) is 87.9 Å². The number of hydrogen-bond donors (Lipinski definition) is 2. The highest BCUT2D eigenvalue weighted by atomic mass is 33.1. The number of aliphatic hydroxyl groups is 2. The Kier molecular flexibility index (Phi) is 28.3. The summed E-state index contributed by atoms with van der Waals surface area (Å²) >= 11 is 0. The Morgan fingerprint density at radius 3 is 2.35 bits per heavy atom. The van der Waals surface area contributed by atoms with E-state index >= 15 is 0 Å². The van der Waals surface area contributed by atoms with Gasteiger partial charge < -0.3 is 53.0 Å². The van der Waals surface area contributed by atoms with Crippen LogP contribution in [0.1, 0.15) is 126 Å². The second kappa shape index (κ2) is 33.9. The van der Waals surface area contributed by atoms with Crippen LogP contribution in [-0.4, -0.2) is 163 Å². The molecule has 2 N–H and O–H groups in total. The van der Waals surface area contributed by atoms with Crippen molar-refractivity contribution in [3.8, 4) is 0 Å². The van der Waals surface area contributed by atoms with Gasteiger partial charge in [-0.2, -0.15) is 0 Å². The van der Waals surface area contributed by atoms with E-state index in [-0.39, 0.29) is 80.7 Å². The molecule has 1 aromatic heterocycles. The molecular formula is C61H90N2O16S2. The van der Waals surface area contributed by atoms with Crippen LogP contribution < -0.4 is 0 Å². The van der Waals surface area contributed by atoms with E-state index < -0.39 is 83.9 Å². The van der Waals surface area contributed by atoms with E-state index in [1.807, 2.05) is 76.3 Å². The second-order valence-corrected chi connectivity index (χ2v) is 24.9. The Hall–Kier alpha value is -4.25. The van der Waals surface area contributed by atoms with Crippen molar-refractivity contribution in [3.05, 3.63) is 72.0 Å². The number of carbonyl (C=O) groups excluding carboxylic acids is 6. The summed E-state index contributed by atoms with van der Waals surface area (Å²) in [6.45, 7) is 13.0. The summed E-state index contributed by atoms with van der Waals surface area (Å²) in [7, 11) is 7.57. The fourth-order valence-electron chi connectivity index (χ4n) is 11.3. The highest BCUT2D eigenvalue weighted by molar-refractivity contribution is 8.76. The number of hydrogen-bond acceptors (Lipinski definition) is 19. The van der Waals surface area contributed by atoms with Gasteiger partial charge in [0.25, 0.3) is 11.7 Å². The molecule has 4 aliphatic rings. The quantitative estimate of drug-likeness (QED) is 0.0548. The lowest BCUT2D eigenvalue weighted by molar-refractivity contribution is -0.265. The predicted octanol–water partition coefficient (Wildman–Crippen LogP) is 9.19. The molecule has 18 nitrogen and oxygen atoms in total. The number of nitrogens with zero attached hydrogens (tertiary/aromatic N) is 2. The van der Waals surface area contributed by atoms with Crippen LogP contribution in [0.2, 0.25) is 0 Å². The van der Waals surface area contributed by atoms with Crippen molar-refractivity contribution in [3.63, 3.8) is 0 Å². The van der Waals surface area contributed by atoms with Gasteiger partial charge in [-0.15, -0.1) is 0 Å². The minimum absolute atomic E-state index is 0.000129. The molecular weight excluding hydrogens is 1080 g/mol. The van der Waals surface area contributed by atoms with Crippen molar-refractivity contribution in [2.45, 2.75) is 185 Å². The zero-order chi connectivity index (χ0) is 59.2. The number of cyclic esters (lactones) is 1. The van der Waals surface area contributed by atoms with Gasteiger partial charge in [-0.3, -0.25) is 19.2 Å². The first-order valence-corrected chi connectivity index (χ1v) is 31.1. The summed E-state index contributed by atoms with van der Waals surface area (Å²) in [4.78, 5) is 89.3. The maximum atomic E-state index is 14.6. The largest absolute Gasteiger partial charge is 0.508 e. The summed E-state index contributed by atoms with van der Waals surface area (Å²) < 4.78 is 46.6. The number of methoxy groups -OCH3 is 3. The topological polar surface area (TPSA) is 233 Å². The van der Waals surface area contributed by atoms with E-state index in [2.05, 4.69) is 4.98 Å². The Bertz CT molecular complexity index is 2330.